The molecule has 0 atom stereocenters. The van der Waals surface area contributed by atoms with Crippen molar-refractivity contribution in [1.29, 1.82) is 0 Å². The molecule has 0 radical (unpaired) electrons. The average molecular weight is 333 g/mol. The number of hydrogen-bond acceptors (Lipinski definition) is 4. The Bertz CT molecular complexity index is 824. The highest BCUT2D eigenvalue weighted by atomic mass is 35.5. The van der Waals surface area contributed by atoms with Crippen molar-refractivity contribution in [2.75, 3.05) is 6.54 Å². The maximum Gasteiger partial charge on any atom is 0.273 e. The number of nitrogens with one attached hydrogen (secondary N) is 1. The maximum atomic E-state index is 12.1. The zero-order valence-corrected chi connectivity index (χ0v) is 13.5. The fraction of sp³-hybridized carbons (Fsp3) is 0.333. The predicted molar refractivity (Wildman–Crippen MR) is 86.6 cm³/mol. The van der Waals surface area contributed by atoms with Gasteiger partial charge in [0, 0.05) is 31.9 Å². The van der Waals surface area contributed by atoms with Crippen LogP contribution in [0.4, 0.5) is 0 Å². The Morgan fingerprint density at radius 3 is 3.00 bits per heavy atom. The van der Waals surface area contributed by atoms with Crippen molar-refractivity contribution in [2.45, 2.75) is 26.3 Å². The number of hydrogen-bond donors (Lipinski definition) is 1. The Kier molecular flexibility index (Phi) is 4.57. The third-order valence-corrected chi connectivity index (χ3v) is 3.78. The second kappa shape index (κ2) is 6.78. The van der Waals surface area contributed by atoms with E-state index in [0.717, 1.165) is 24.3 Å². The second-order valence-corrected chi connectivity index (χ2v) is 5.49. The summed E-state index contributed by atoms with van der Waals surface area (Å²) in [5.74, 6) is 0.622. The number of amides is 1. The quantitative estimate of drug-likeness (QED) is 0.700. The van der Waals surface area contributed by atoms with Gasteiger partial charge in [-0.2, -0.15) is 5.10 Å². The molecule has 1 N–H and O–H groups in total. The molecule has 23 heavy (non-hydrogen) atoms. The van der Waals surface area contributed by atoms with Gasteiger partial charge in [-0.05, 0) is 25.5 Å². The van der Waals surface area contributed by atoms with Gasteiger partial charge in [-0.3, -0.25) is 13.9 Å². The van der Waals surface area contributed by atoms with Gasteiger partial charge in [-0.25, -0.2) is 0 Å². The molecule has 0 spiro atoms. The summed E-state index contributed by atoms with van der Waals surface area (Å²) < 4.78 is 3.58. The van der Waals surface area contributed by atoms with Crippen LogP contribution in [0.25, 0.3) is 5.65 Å². The molecule has 0 bridgehead atoms. The standard InChI is InChI=1S/C15H17ClN6O/c1-2-21-10-11(16)14(20-21)15(23)17-8-5-7-13-19-18-12-6-3-4-9-22(12)13/h3-4,6,9-10H,2,5,7-8H2,1H3,(H,17,23). The zero-order valence-electron chi connectivity index (χ0n) is 12.7. The smallest absolute Gasteiger partial charge is 0.273 e. The van der Waals surface area contributed by atoms with E-state index >= 15 is 0 Å². The first-order valence-corrected chi connectivity index (χ1v) is 7.86. The van der Waals surface area contributed by atoms with Crippen LogP contribution in [0.15, 0.2) is 30.6 Å². The molecular formula is C15H17ClN6O. The summed E-state index contributed by atoms with van der Waals surface area (Å²) in [6, 6.07) is 5.77. The van der Waals surface area contributed by atoms with Crippen LogP contribution in [-0.4, -0.2) is 36.8 Å². The Morgan fingerprint density at radius 2 is 2.22 bits per heavy atom. The molecule has 3 rings (SSSR count). The monoisotopic (exact) mass is 332 g/mol. The zero-order chi connectivity index (χ0) is 16.2. The Labute approximate surface area is 138 Å². The van der Waals surface area contributed by atoms with Crippen LogP contribution in [0.5, 0.6) is 0 Å². The van der Waals surface area contributed by atoms with E-state index in [4.69, 9.17) is 11.6 Å². The highest BCUT2D eigenvalue weighted by Crippen LogP contribution is 2.13. The summed E-state index contributed by atoms with van der Waals surface area (Å²) in [6.07, 6.45) is 5.06. The molecule has 3 heterocycles. The van der Waals surface area contributed by atoms with E-state index in [0.29, 0.717) is 18.1 Å². The average Bonchev–Trinajstić information content (AvgIpc) is 3.15. The number of carbonyl (C=O) groups excluding carboxylic acids is 1. The van der Waals surface area contributed by atoms with Crippen LogP contribution in [0.1, 0.15) is 29.7 Å². The molecule has 120 valence electrons. The molecule has 3 aromatic heterocycles. The summed E-state index contributed by atoms with van der Waals surface area (Å²) in [5.41, 5.74) is 1.09. The van der Waals surface area contributed by atoms with Crippen LogP contribution in [-0.2, 0) is 13.0 Å². The lowest BCUT2D eigenvalue weighted by Gasteiger charge is -2.03. The molecule has 7 nitrogen and oxygen atoms in total. The van der Waals surface area contributed by atoms with Gasteiger partial charge in [0.25, 0.3) is 5.91 Å². The number of aromatic nitrogens is 5. The third-order valence-electron chi connectivity index (χ3n) is 3.50. The van der Waals surface area contributed by atoms with Crippen LogP contribution in [0.3, 0.4) is 0 Å². The van der Waals surface area contributed by atoms with Crippen LogP contribution < -0.4 is 5.32 Å². The Balaban J connectivity index is 1.53. The second-order valence-electron chi connectivity index (χ2n) is 5.09. The molecule has 0 aliphatic heterocycles. The first-order chi connectivity index (χ1) is 11.2. The predicted octanol–water partition coefficient (Wildman–Crippen LogP) is 1.96. The van der Waals surface area contributed by atoms with Crippen LogP contribution in [0.2, 0.25) is 5.02 Å². The number of carbonyl (C=O) groups is 1. The lowest BCUT2D eigenvalue weighted by Crippen LogP contribution is -2.25. The largest absolute Gasteiger partial charge is 0.351 e. The first-order valence-electron chi connectivity index (χ1n) is 7.49. The third kappa shape index (κ3) is 3.34. The summed E-state index contributed by atoms with van der Waals surface area (Å²) in [4.78, 5) is 12.1. The number of rotatable bonds is 6. The summed E-state index contributed by atoms with van der Waals surface area (Å²) >= 11 is 6.01. The summed E-state index contributed by atoms with van der Waals surface area (Å²) in [7, 11) is 0. The van der Waals surface area contributed by atoms with Crippen molar-refractivity contribution in [3.8, 4) is 0 Å². The molecule has 0 saturated carbocycles. The molecule has 0 saturated heterocycles. The van der Waals surface area contributed by atoms with E-state index in [2.05, 4.69) is 20.6 Å². The molecule has 8 heteroatoms. The number of nitrogens with zero attached hydrogens (tertiary/aromatic N) is 5. The van der Waals surface area contributed by atoms with Crippen molar-refractivity contribution in [3.05, 3.63) is 47.1 Å². The molecule has 0 aliphatic rings. The number of fused-ring (bicyclic) bond motifs is 1. The molecular weight excluding hydrogens is 316 g/mol. The highest BCUT2D eigenvalue weighted by molar-refractivity contribution is 6.33. The van der Waals surface area contributed by atoms with Gasteiger partial charge < -0.3 is 5.32 Å². The topological polar surface area (TPSA) is 77.1 Å². The van der Waals surface area contributed by atoms with Gasteiger partial charge in [-0.1, -0.05) is 17.7 Å². The van der Waals surface area contributed by atoms with E-state index in [1.165, 1.54) is 0 Å². The van der Waals surface area contributed by atoms with Gasteiger partial charge >= 0.3 is 0 Å². The summed E-state index contributed by atoms with van der Waals surface area (Å²) in [6.45, 7) is 3.14. The highest BCUT2D eigenvalue weighted by Gasteiger charge is 2.14. The Morgan fingerprint density at radius 1 is 1.35 bits per heavy atom. The molecule has 0 unspecified atom stereocenters. The maximum absolute atomic E-state index is 12.1. The number of halogens is 1. The van der Waals surface area contributed by atoms with Crippen molar-refractivity contribution in [3.63, 3.8) is 0 Å². The van der Waals surface area contributed by atoms with E-state index in [-0.39, 0.29) is 11.6 Å². The van der Waals surface area contributed by atoms with Crippen molar-refractivity contribution in [2.24, 2.45) is 0 Å². The van der Waals surface area contributed by atoms with Crippen molar-refractivity contribution >= 4 is 23.2 Å². The van der Waals surface area contributed by atoms with Gasteiger partial charge in [0.15, 0.2) is 11.3 Å². The molecule has 0 fully saturated rings. The molecule has 0 aromatic carbocycles. The van der Waals surface area contributed by atoms with Crippen LogP contribution in [0, 0.1) is 0 Å². The van der Waals surface area contributed by atoms with Gasteiger partial charge in [-0.15, -0.1) is 10.2 Å². The normalized spacial score (nSPS) is 11.0. The SMILES string of the molecule is CCn1cc(Cl)c(C(=O)NCCCc2nnc3ccccn23)n1. The van der Waals surface area contributed by atoms with Gasteiger partial charge in [0.2, 0.25) is 0 Å². The number of pyridine rings is 1. The lowest BCUT2D eigenvalue weighted by molar-refractivity contribution is 0.0947. The van der Waals surface area contributed by atoms with E-state index in [1.807, 2.05) is 35.7 Å². The minimum Gasteiger partial charge on any atom is -0.351 e. The van der Waals surface area contributed by atoms with E-state index in [1.54, 1.807) is 10.9 Å². The number of aryl methyl sites for hydroxylation is 2. The molecule has 1 amide bonds. The fourth-order valence-electron chi connectivity index (χ4n) is 2.31. The summed E-state index contributed by atoms with van der Waals surface area (Å²) in [5, 5.41) is 15.6. The molecule has 0 aliphatic carbocycles. The van der Waals surface area contributed by atoms with Crippen LogP contribution >= 0.6 is 11.6 Å². The van der Waals surface area contributed by atoms with Gasteiger partial charge in [0.05, 0.1) is 5.02 Å². The van der Waals surface area contributed by atoms with Gasteiger partial charge in [0.1, 0.15) is 5.82 Å². The van der Waals surface area contributed by atoms with E-state index in [9.17, 15) is 4.79 Å². The fourth-order valence-corrected chi connectivity index (χ4v) is 2.54. The minimum absolute atomic E-state index is 0.256. The van der Waals surface area contributed by atoms with Crippen molar-refractivity contribution in [1.82, 2.24) is 29.7 Å². The lowest BCUT2D eigenvalue weighted by atomic mass is 10.3. The van der Waals surface area contributed by atoms with E-state index < -0.39 is 0 Å². The van der Waals surface area contributed by atoms with Crippen molar-refractivity contribution < 1.29 is 4.79 Å². The first kappa shape index (κ1) is 15.5. The minimum atomic E-state index is -0.256. The Hall–Kier alpha value is -2.41. The molecule has 3 aromatic rings.